The summed E-state index contributed by atoms with van der Waals surface area (Å²) >= 11 is 1.53. The van der Waals surface area contributed by atoms with E-state index in [1.165, 1.54) is 17.3 Å². The number of nitrogens with zero attached hydrogens (tertiary/aromatic N) is 5. The van der Waals surface area contributed by atoms with Gasteiger partial charge in [0.05, 0.1) is 5.52 Å². The van der Waals surface area contributed by atoms with E-state index in [2.05, 4.69) is 50.7 Å². The molecule has 0 bridgehead atoms. The van der Waals surface area contributed by atoms with Gasteiger partial charge in [-0.05, 0) is 37.2 Å². The number of hydrogen-bond donors (Lipinski definition) is 0. The van der Waals surface area contributed by atoms with Crippen LogP contribution < -0.4 is 0 Å². The number of aryl methyl sites for hydroxylation is 1. The molecule has 5 nitrogen and oxygen atoms in total. The van der Waals surface area contributed by atoms with E-state index in [4.69, 9.17) is 0 Å². The van der Waals surface area contributed by atoms with Crippen molar-refractivity contribution < 1.29 is 0 Å². The average molecular weight is 347 g/mol. The van der Waals surface area contributed by atoms with E-state index >= 15 is 0 Å². The van der Waals surface area contributed by atoms with Crippen molar-refractivity contribution in [2.24, 2.45) is 0 Å². The third-order valence-corrected chi connectivity index (χ3v) is 5.12. The van der Waals surface area contributed by atoms with Gasteiger partial charge < -0.3 is 4.57 Å². The number of aromatic nitrogens is 5. The smallest absolute Gasteiger partial charge is 0.197 e. The minimum Gasteiger partial charge on any atom is -0.302 e. The lowest BCUT2D eigenvalue weighted by molar-refractivity contribution is 0.686. The molecule has 4 rings (SSSR count). The van der Waals surface area contributed by atoms with Crippen LogP contribution in [0.4, 0.5) is 0 Å². The SMILES string of the molecule is CCn1c(Sc2ncnc3ccccc23)nnc1-c1ccccc1C. The van der Waals surface area contributed by atoms with E-state index in [0.717, 1.165) is 39.0 Å². The number of fused-ring (bicyclic) bond motifs is 1. The molecule has 0 aliphatic carbocycles. The summed E-state index contributed by atoms with van der Waals surface area (Å²) in [5.74, 6) is 0.890. The molecule has 4 aromatic rings. The summed E-state index contributed by atoms with van der Waals surface area (Å²) < 4.78 is 2.13. The highest BCUT2D eigenvalue weighted by molar-refractivity contribution is 7.99. The molecule has 0 spiro atoms. The fourth-order valence-electron chi connectivity index (χ4n) is 2.82. The fraction of sp³-hybridized carbons (Fsp3) is 0.158. The van der Waals surface area contributed by atoms with Crippen molar-refractivity contribution >= 4 is 22.7 Å². The van der Waals surface area contributed by atoms with Crippen LogP contribution >= 0.6 is 11.8 Å². The normalized spacial score (nSPS) is 11.1. The van der Waals surface area contributed by atoms with E-state index in [-0.39, 0.29) is 0 Å². The predicted octanol–water partition coefficient (Wildman–Crippen LogP) is 4.37. The van der Waals surface area contributed by atoms with Crippen molar-refractivity contribution in [1.82, 2.24) is 24.7 Å². The fourth-order valence-corrected chi connectivity index (χ4v) is 3.78. The molecule has 0 atom stereocenters. The second-order valence-electron chi connectivity index (χ2n) is 5.66. The zero-order chi connectivity index (χ0) is 17.2. The van der Waals surface area contributed by atoms with Gasteiger partial charge in [-0.15, -0.1) is 10.2 Å². The maximum Gasteiger partial charge on any atom is 0.197 e. The molecule has 2 aromatic heterocycles. The van der Waals surface area contributed by atoms with E-state index in [1.54, 1.807) is 6.33 Å². The van der Waals surface area contributed by atoms with Crippen molar-refractivity contribution in [2.45, 2.75) is 30.6 Å². The Morgan fingerprint density at radius 3 is 2.60 bits per heavy atom. The largest absolute Gasteiger partial charge is 0.302 e. The highest BCUT2D eigenvalue weighted by atomic mass is 32.2. The van der Waals surface area contributed by atoms with Gasteiger partial charge in [0.15, 0.2) is 11.0 Å². The number of benzene rings is 2. The van der Waals surface area contributed by atoms with Crippen LogP contribution in [-0.4, -0.2) is 24.7 Å². The van der Waals surface area contributed by atoms with Crippen molar-refractivity contribution in [3.05, 3.63) is 60.4 Å². The summed E-state index contributed by atoms with van der Waals surface area (Å²) in [5.41, 5.74) is 3.23. The molecule has 2 heterocycles. The van der Waals surface area contributed by atoms with Crippen LogP contribution in [0.25, 0.3) is 22.3 Å². The zero-order valence-electron chi connectivity index (χ0n) is 14.0. The molecule has 2 aromatic carbocycles. The van der Waals surface area contributed by atoms with E-state index in [0.29, 0.717) is 0 Å². The van der Waals surface area contributed by atoms with Crippen LogP contribution in [0, 0.1) is 6.92 Å². The minimum atomic E-state index is 0.794. The van der Waals surface area contributed by atoms with Gasteiger partial charge in [0.1, 0.15) is 11.4 Å². The summed E-state index contributed by atoms with van der Waals surface area (Å²) in [7, 11) is 0. The lowest BCUT2D eigenvalue weighted by atomic mass is 10.1. The summed E-state index contributed by atoms with van der Waals surface area (Å²) in [4.78, 5) is 8.77. The Labute approximate surface area is 150 Å². The molecule has 0 radical (unpaired) electrons. The van der Waals surface area contributed by atoms with Crippen LogP contribution in [-0.2, 0) is 6.54 Å². The molecule has 0 saturated heterocycles. The first-order valence-electron chi connectivity index (χ1n) is 8.14. The van der Waals surface area contributed by atoms with Gasteiger partial charge in [0, 0.05) is 17.5 Å². The third-order valence-electron chi connectivity index (χ3n) is 4.11. The van der Waals surface area contributed by atoms with Crippen molar-refractivity contribution in [2.75, 3.05) is 0 Å². The molecule has 0 unspecified atom stereocenters. The van der Waals surface area contributed by atoms with Gasteiger partial charge in [-0.2, -0.15) is 0 Å². The third kappa shape index (κ3) is 2.89. The van der Waals surface area contributed by atoms with E-state index in [9.17, 15) is 0 Å². The van der Waals surface area contributed by atoms with Gasteiger partial charge in [-0.1, -0.05) is 42.5 Å². The summed E-state index contributed by atoms with van der Waals surface area (Å²) in [6.45, 7) is 4.99. The topological polar surface area (TPSA) is 56.5 Å². The monoisotopic (exact) mass is 347 g/mol. The zero-order valence-corrected chi connectivity index (χ0v) is 14.9. The number of hydrogen-bond acceptors (Lipinski definition) is 5. The van der Waals surface area contributed by atoms with Crippen molar-refractivity contribution in [1.29, 1.82) is 0 Å². The Morgan fingerprint density at radius 2 is 1.76 bits per heavy atom. The predicted molar refractivity (Wildman–Crippen MR) is 99.5 cm³/mol. The Hall–Kier alpha value is -2.73. The second kappa shape index (κ2) is 6.64. The van der Waals surface area contributed by atoms with Crippen LogP contribution in [0.3, 0.4) is 0 Å². The van der Waals surface area contributed by atoms with Crippen LogP contribution in [0.5, 0.6) is 0 Å². The van der Waals surface area contributed by atoms with Gasteiger partial charge >= 0.3 is 0 Å². The summed E-state index contributed by atoms with van der Waals surface area (Å²) in [6.07, 6.45) is 1.60. The molecule has 0 amide bonds. The number of rotatable bonds is 4. The molecule has 0 fully saturated rings. The first-order valence-corrected chi connectivity index (χ1v) is 8.96. The van der Waals surface area contributed by atoms with Crippen molar-refractivity contribution in [3.8, 4) is 11.4 Å². The molecular formula is C19H17N5S. The highest BCUT2D eigenvalue weighted by Gasteiger charge is 2.16. The van der Waals surface area contributed by atoms with E-state index in [1.807, 2.05) is 36.4 Å². The molecule has 0 N–H and O–H groups in total. The minimum absolute atomic E-state index is 0.794. The molecular weight excluding hydrogens is 330 g/mol. The first-order chi connectivity index (χ1) is 12.3. The van der Waals surface area contributed by atoms with Crippen LogP contribution in [0.2, 0.25) is 0 Å². The standard InChI is InChI=1S/C19H17N5S/c1-3-24-17(14-9-5-4-8-13(14)2)22-23-19(24)25-18-15-10-6-7-11-16(15)20-12-21-18/h4-12H,3H2,1-2H3. The molecule has 0 saturated carbocycles. The average Bonchev–Trinajstić information content (AvgIpc) is 3.05. The highest BCUT2D eigenvalue weighted by Crippen LogP contribution is 2.32. The maximum absolute atomic E-state index is 4.45. The van der Waals surface area contributed by atoms with Crippen LogP contribution in [0.15, 0.2) is 65.0 Å². The summed E-state index contributed by atoms with van der Waals surface area (Å²) in [5, 5.41) is 11.6. The van der Waals surface area contributed by atoms with Gasteiger partial charge in [-0.3, -0.25) is 0 Å². The second-order valence-corrected chi connectivity index (χ2v) is 6.62. The van der Waals surface area contributed by atoms with Gasteiger partial charge in [0.2, 0.25) is 0 Å². The Balaban J connectivity index is 1.78. The molecule has 25 heavy (non-hydrogen) atoms. The maximum atomic E-state index is 4.45. The molecule has 0 aliphatic rings. The Bertz CT molecular complexity index is 1040. The number of para-hydroxylation sites is 1. The quantitative estimate of drug-likeness (QED) is 0.513. The Morgan fingerprint density at radius 1 is 0.960 bits per heavy atom. The summed E-state index contributed by atoms with van der Waals surface area (Å²) in [6, 6.07) is 16.2. The van der Waals surface area contributed by atoms with Crippen LogP contribution in [0.1, 0.15) is 12.5 Å². The van der Waals surface area contributed by atoms with E-state index < -0.39 is 0 Å². The van der Waals surface area contributed by atoms with Crippen molar-refractivity contribution in [3.63, 3.8) is 0 Å². The lowest BCUT2D eigenvalue weighted by Gasteiger charge is -2.09. The lowest BCUT2D eigenvalue weighted by Crippen LogP contribution is -2.01. The molecule has 6 heteroatoms. The molecule has 0 aliphatic heterocycles. The molecule has 124 valence electrons. The first kappa shape index (κ1) is 15.8. The van der Waals surface area contributed by atoms with Gasteiger partial charge in [-0.25, -0.2) is 9.97 Å². The van der Waals surface area contributed by atoms with Gasteiger partial charge in [0.25, 0.3) is 0 Å². The Kier molecular flexibility index (Phi) is 4.19.